The summed E-state index contributed by atoms with van der Waals surface area (Å²) < 4.78 is 7.43. The maximum Gasteiger partial charge on any atom is 0.269 e. The van der Waals surface area contributed by atoms with E-state index in [1.165, 1.54) is 0 Å². The standard InChI is InChI=1S/C20H25N5O2/c1-12(2)27-16-8-6-15(7-9-16)11-21-20(26)18-10-17(22-23-18)19-13(3)24-25(5)14(19)4/h6-10,12H,11H2,1-5H3,(H,21,26)(H,22,23). The SMILES string of the molecule is Cc1nn(C)c(C)c1-c1cc(C(=O)NCc2ccc(OC(C)C)cc2)[nH]n1. The Balaban J connectivity index is 1.64. The monoisotopic (exact) mass is 367 g/mol. The summed E-state index contributed by atoms with van der Waals surface area (Å²) >= 11 is 0. The van der Waals surface area contributed by atoms with Gasteiger partial charge in [-0.05, 0) is 51.5 Å². The molecule has 27 heavy (non-hydrogen) atoms. The van der Waals surface area contributed by atoms with Crippen molar-refractivity contribution in [3.8, 4) is 17.0 Å². The van der Waals surface area contributed by atoms with Gasteiger partial charge in [-0.25, -0.2) is 0 Å². The lowest BCUT2D eigenvalue weighted by Crippen LogP contribution is -2.23. The highest BCUT2D eigenvalue weighted by atomic mass is 16.5. The third-order valence-corrected chi connectivity index (χ3v) is 4.34. The summed E-state index contributed by atoms with van der Waals surface area (Å²) in [7, 11) is 1.89. The fraction of sp³-hybridized carbons (Fsp3) is 0.350. The third kappa shape index (κ3) is 4.19. The molecule has 0 bridgehead atoms. The molecule has 0 unspecified atom stereocenters. The van der Waals surface area contributed by atoms with Crippen LogP contribution in [0, 0.1) is 13.8 Å². The zero-order valence-electron chi connectivity index (χ0n) is 16.3. The molecule has 7 heteroatoms. The zero-order chi connectivity index (χ0) is 19.6. The van der Waals surface area contributed by atoms with Gasteiger partial charge in [-0.1, -0.05) is 12.1 Å². The summed E-state index contributed by atoms with van der Waals surface area (Å²) in [6, 6.07) is 9.46. The molecule has 142 valence electrons. The van der Waals surface area contributed by atoms with Gasteiger partial charge >= 0.3 is 0 Å². The molecule has 0 aliphatic carbocycles. The Morgan fingerprint density at radius 1 is 1.26 bits per heavy atom. The molecular formula is C20H25N5O2. The van der Waals surface area contributed by atoms with Gasteiger partial charge in [0, 0.05) is 24.8 Å². The van der Waals surface area contributed by atoms with Gasteiger partial charge in [-0.3, -0.25) is 14.6 Å². The number of amides is 1. The molecule has 1 aromatic carbocycles. The van der Waals surface area contributed by atoms with Crippen LogP contribution in [0.4, 0.5) is 0 Å². The summed E-state index contributed by atoms with van der Waals surface area (Å²) in [5.41, 5.74) is 4.99. The predicted octanol–water partition coefficient (Wildman–Crippen LogP) is 3.14. The number of nitrogens with one attached hydrogen (secondary N) is 2. The van der Waals surface area contributed by atoms with Crippen LogP contribution in [0.5, 0.6) is 5.75 Å². The highest BCUT2D eigenvalue weighted by molar-refractivity contribution is 5.93. The molecule has 2 aromatic heterocycles. The summed E-state index contributed by atoms with van der Waals surface area (Å²) in [6.45, 7) is 8.32. The van der Waals surface area contributed by atoms with Crippen LogP contribution in [0.2, 0.25) is 0 Å². The van der Waals surface area contributed by atoms with Gasteiger partial charge in [0.1, 0.15) is 11.4 Å². The highest BCUT2D eigenvalue weighted by Gasteiger charge is 2.17. The highest BCUT2D eigenvalue weighted by Crippen LogP contribution is 2.25. The Hall–Kier alpha value is -3.09. The number of benzene rings is 1. The van der Waals surface area contributed by atoms with Crippen LogP contribution >= 0.6 is 0 Å². The van der Waals surface area contributed by atoms with Gasteiger partial charge in [0.25, 0.3) is 5.91 Å². The van der Waals surface area contributed by atoms with Crippen LogP contribution in [-0.4, -0.2) is 32.0 Å². The minimum absolute atomic E-state index is 0.136. The average Bonchev–Trinajstić information content (AvgIpc) is 3.18. The molecule has 0 saturated heterocycles. The molecular weight excluding hydrogens is 342 g/mol. The molecule has 2 heterocycles. The van der Waals surface area contributed by atoms with Crippen molar-refractivity contribution < 1.29 is 9.53 Å². The lowest BCUT2D eigenvalue weighted by molar-refractivity contribution is 0.0946. The van der Waals surface area contributed by atoms with E-state index in [1.807, 2.05) is 63.7 Å². The fourth-order valence-electron chi connectivity index (χ4n) is 2.95. The van der Waals surface area contributed by atoms with E-state index in [9.17, 15) is 4.79 Å². The van der Waals surface area contributed by atoms with E-state index in [0.29, 0.717) is 12.2 Å². The number of aryl methyl sites for hydroxylation is 2. The van der Waals surface area contributed by atoms with Crippen LogP contribution in [0.1, 0.15) is 41.3 Å². The van der Waals surface area contributed by atoms with Crippen LogP contribution in [0.3, 0.4) is 0 Å². The molecule has 0 saturated carbocycles. The first-order valence-corrected chi connectivity index (χ1v) is 8.95. The molecule has 0 spiro atoms. The molecule has 3 aromatic rings. The molecule has 0 aliphatic rings. The largest absolute Gasteiger partial charge is 0.491 e. The first-order valence-electron chi connectivity index (χ1n) is 8.95. The predicted molar refractivity (Wildman–Crippen MR) is 104 cm³/mol. The second-order valence-electron chi connectivity index (χ2n) is 6.83. The van der Waals surface area contributed by atoms with Crippen LogP contribution in [0.25, 0.3) is 11.3 Å². The van der Waals surface area contributed by atoms with Crippen LogP contribution in [0.15, 0.2) is 30.3 Å². The lowest BCUT2D eigenvalue weighted by atomic mass is 10.1. The number of carbonyl (C=O) groups is 1. The Morgan fingerprint density at radius 2 is 1.96 bits per heavy atom. The molecule has 7 nitrogen and oxygen atoms in total. The first kappa shape index (κ1) is 18.7. The second kappa shape index (κ2) is 7.65. The number of hydrogen-bond donors (Lipinski definition) is 2. The fourth-order valence-corrected chi connectivity index (χ4v) is 2.95. The van der Waals surface area contributed by atoms with Crippen LogP contribution in [-0.2, 0) is 13.6 Å². The van der Waals surface area contributed by atoms with E-state index >= 15 is 0 Å². The van der Waals surface area contributed by atoms with Gasteiger partial charge in [-0.15, -0.1) is 0 Å². The Morgan fingerprint density at radius 3 is 2.56 bits per heavy atom. The van der Waals surface area contributed by atoms with Crippen molar-refractivity contribution in [1.29, 1.82) is 0 Å². The molecule has 3 rings (SSSR count). The lowest BCUT2D eigenvalue weighted by Gasteiger charge is -2.10. The third-order valence-electron chi connectivity index (χ3n) is 4.34. The summed E-state index contributed by atoms with van der Waals surface area (Å²) in [6.07, 6.45) is 0.136. The number of hydrogen-bond acceptors (Lipinski definition) is 4. The van der Waals surface area contributed by atoms with E-state index in [0.717, 1.165) is 34.0 Å². The van der Waals surface area contributed by atoms with E-state index in [4.69, 9.17) is 4.74 Å². The first-order chi connectivity index (χ1) is 12.8. The van der Waals surface area contributed by atoms with Gasteiger partial charge in [0.2, 0.25) is 0 Å². The Labute approximate surface area is 158 Å². The normalized spacial score (nSPS) is 11.0. The van der Waals surface area contributed by atoms with Gasteiger partial charge in [0.15, 0.2) is 0 Å². The topological polar surface area (TPSA) is 84.8 Å². The van der Waals surface area contributed by atoms with Crippen molar-refractivity contribution >= 4 is 5.91 Å². The molecule has 0 fully saturated rings. The maximum absolute atomic E-state index is 12.4. The number of ether oxygens (including phenoxy) is 1. The Kier molecular flexibility index (Phi) is 5.30. The second-order valence-corrected chi connectivity index (χ2v) is 6.83. The minimum Gasteiger partial charge on any atom is -0.491 e. The van der Waals surface area contributed by atoms with E-state index in [1.54, 1.807) is 6.07 Å². The van der Waals surface area contributed by atoms with Crippen LogP contribution < -0.4 is 10.1 Å². The average molecular weight is 367 g/mol. The Bertz CT molecular complexity index is 938. The number of rotatable bonds is 6. The van der Waals surface area contributed by atoms with E-state index in [2.05, 4.69) is 20.6 Å². The number of carbonyl (C=O) groups excluding carboxylic acids is 1. The van der Waals surface area contributed by atoms with Crippen molar-refractivity contribution in [2.75, 3.05) is 0 Å². The molecule has 0 atom stereocenters. The quantitative estimate of drug-likeness (QED) is 0.701. The van der Waals surface area contributed by atoms with Crippen molar-refractivity contribution in [1.82, 2.24) is 25.3 Å². The smallest absolute Gasteiger partial charge is 0.269 e. The summed E-state index contributed by atoms with van der Waals surface area (Å²) in [5, 5.41) is 14.4. The van der Waals surface area contributed by atoms with E-state index < -0.39 is 0 Å². The number of aromatic nitrogens is 4. The number of nitrogens with zero attached hydrogens (tertiary/aromatic N) is 3. The zero-order valence-corrected chi connectivity index (χ0v) is 16.3. The van der Waals surface area contributed by atoms with Gasteiger partial charge in [0.05, 0.1) is 17.5 Å². The van der Waals surface area contributed by atoms with Crippen molar-refractivity contribution in [2.45, 2.75) is 40.3 Å². The minimum atomic E-state index is -0.199. The summed E-state index contributed by atoms with van der Waals surface area (Å²) in [5.74, 6) is 0.621. The molecule has 2 N–H and O–H groups in total. The number of H-pyrrole nitrogens is 1. The molecule has 0 radical (unpaired) electrons. The van der Waals surface area contributed by atoms with Crippen molar-refractivity contribution in [3.05, 3.63) is 53.0 Å². The van der Waals surface area contributed by atoms with Crippen molar-refractivity contribution in [3.63, 3.8) is 0 Å². The number of aromatic amines is 1. The van der Waals surface area contributed by atoms with Gasteiger partial charge in [-0.2, -0.15) is 10.2 Å². The molecule has 1 amide bonds. The summed E-state index contributed by atoms with van der Waals surface area (Å²) in [4.78, 5) is 12.4. The van der Waals surface area contributed by atoms with Gasteiger partial charge < -0.3 is 10.1 Å². The van der Waals surface area contributed by atoms with Crippen molar-refractivity contribution in [2.24, 2.45) is 7.05 Å². The molecule has 0 aliphatic heterocycles. The van der Waals surface area contributed by atoms with E-state index in [-0.39, 0.29) is 12.0 Å². The maximum atomic E-state index is 12.4.